The number of benzene rings is 2. The highest BCUT2D eigenvalue weighted by molar-refractivity contribution is 7.92. The molecule has 0 fully saturated rings. The molecule has 2 aromatic rings. The van der Waals surface area contributed by atoms with E-state index in [-0.39, 0.29) is 18.5 Å². The molecular formula is C26H37N3O5S. The van der Waals surface area contributed by atoms with Crippen molar-refractivity contribution in [2.75, 3.05) is 24.2 Å². The Hall–Kier alpha value is -3.07. The molecule has 2 atom stereocenters. The third-order valence-electron chi connectivity index (χ3n) is 6.18. The summed E-state index contributed by atoms with van der Waals surface area (Å²) in [5.41, 5.74) is 2.89. The molecule has 8 nitrogen and oxygen atoms in total. The molecule has 0 heterocycles. The van der Waals surface area contributed by atoms with Gasteiger partial charge in [0, 0.05) is 12.6 Å². The monoisotopic (exact) mass is 503 g/mol. The molecule has 0 aromatic heterocycles. The maximum atomic E-state index is 13.6. The minimum Gasteiger partial charge on any atom is -0.497 e. The third kappa shape index (κ3) is 7.45. The first kappa shape index (κ1) is 28.2. The van der Waals surface area contributed by atoms with Crippen molar-refractivity contribution >= 4 is 27.5 Å². The van der Waals surface area contributed by atoms with Crippen molar-refractivity contribution in [1.82, 2.24) is 10.2 Å². The summed E-state index contributed by atoms with van der Waals surface area (Å²) in [6.45, 7) is 8.91. The van der Waals surface area contributed by atoms with Crippen LogP contribution in [0.3, 0.4) is 0 Å². The highest BCUT2D eigenvalue weighted by Crippen LogP contribution is 2.25. The Bertz CT molecular complexity index is 1150. The van der Waals surface area contributed by atoms with Gasteiger partial charge in [-0.25, -0.2) is 8.42 Å². The quantitative estimate of drug-likeness (QED) is 0.507. The van der Waals surface area contributed by atoms with Gasteiger partial charge in [-0.3, -0.25) is 13.9 Å². The van der Waals surface area contributed by atoms with Crippen molar-refractivity contribution in [2.45, 2.75) is 59.7 Å². The molecular weight excluding hydrogens is 466 g/mol. The first-order valence-electron chi connectivity index (χ1n) is 11.7. The lowest BCUT2D eigenvalue weighted by Crippen LogP contribution is -2.52. The number of nitrogens with zero attached hydrogens (tertiary/aromatic N) is 2. The molecule has 0 bridgehead atoms. The smallest absolute Gasteiger partial charge is 0.244 e. The number of amides is 2. The molecule has 2 amide bonds. The molecule has 0 aliphatic heterocycles. The van der Waals surface area contributed by atoms with Gasteiger partial charge in [0.25, 0.3) is 0 Å². The van der Waals surface area contributed by atoms with Crippen LogP contribution in [0, 0.1) is 13.8 Å². The Labute approximate surface area is 209 Å². The maximum Gasteiger partial charge on any atom is 0.244 e. The standard InChI is InChI=1S/C26H37N3O5S/c1-8-19(3)27-26(31)21(5)28(16-22-12-10-13-23(15-22)34-6)25(30)17-29(35(7,32)33)24-14-9-11-18(2)20(24)4/h9-15,19,21H,8,16-17H2,1-7H3,(H,27,31). The molecule has 0 aliphatic carbocycles. The molecule has 2 rings (SSSR count). The van der Waals surface area contributed by atoms with E-state index in [2.05, 4.69) is 5.32 Å². The van der Waals surface area contributed by atoms with Crippen LogP contribution in [0.15, 0.2) is 42.5 Å². The van der Waals surface area contributed by atoms with Crippen LogP contribution in [0.2, 0.25) is 0 Å². The van der Waals surface area contributed by atoms with E-state index in [4.69, 9.17) is 4.74 Å². The normalized spacial score (nSPS) is 13.0. The number of rotatable bonds is 11. The van der Waals surface area contributed by atoms with E-state index in [9.17, 15) is 18.0 Å². The summed E-state index contributed by atoms with van der Waals surface area (Å²) in [5, 5.41) is 2.92. The van der Waals surface area contributed by atoms with Crippen molar-refractivity contribution in [2.24, 2.45) is 0 Å². The second-order valence-corrected chi connectivity index (χ2v) is 10.8. The summed E-state index contributed by atoms with van der Waals surface area (Å²) in [7, 11) is -2.22. The highest BCUT2D eigenvalue weighted by Gasteiger charge is 2.31. The van der Waals surface area contributed by atoms with Gasteiger partial charge in [-0.1, -0.05) is 31.2 Å². The minimum absolute atomic E-state index is 0.0545. The van der Waals surface area contributed by atoms with Crippen LogP contribution in [0.25, 0.3) is 0 Å². The van der Waals surface area contributed by atoms with Gasteiger partial charge in [0.1, 0.15) is 18.3 Å². The number of anilines is 1. The van der Waals surface area contributed by atoms with E-state index in [1.807, 2.05) is 39.8 Å². The number of hydrogen-bond donors (Lipinski definition) is 1. The predicted octanol–water partition coefficient (Wildman–Crippen LogP) is 3.41. The average molecular weight is 504 g/mol. The number of carbonyl (C=O) groups is 2. The topological polar surface area (TPSA) is 96.0 Å². The SMILES string of the molecule is CCC(C)NC(=O)C(C)N(Cc1cccc(OC)c1)C(=O)CN(c1cccc(C)c1C)S(C)(=O)=O. The second-order valence-electron chi connectivity index (χ2n) is 8.86. The van der Waals surface area contributed by atoms with E-state index >= 15 is 0 Å². The number of hydrogen-bond acceptors (Lipinski definition) is 5. The Morgan fingerprint density at radius 2 is 1.74 bits per heavy atom. The van der Waals surface area contributed by atoms with E-state index in [1.54, 1.807) is 44.4 Å². The zero-order valence-corrected chi connectivity index (χ0v) is 22.5. The van der Waals surface area contributed by atoms with Crippen LogP contribution in [-0.4, -0.2) is 57.1 Å². The van der Waals surface area contributed by atoms with Crippen LogP contribution >= 0.6 is 0 Å². The first-order chi connectivity index (χ1) is 16.4. The molecule has 0 spiro atoms. The fourth-order valence-electron chi connectivity index (χ4n) is 3.62. The lowest BCUT2D eigenvalue weighted by molar-refractivity contribution is -0.139. The zero-order valence-electron chi connectivity index (χ0n) is 21.7. The van der Waals surface area contributed by atoms with E-state index in [0.717, 1.165) is 33.7 Å². The Morgan fingerprint density at radius 3 is 2.34 bits per heavy atom. The summed E-state index contributed by atoms with van der Waals surface area (Å²) in [6, 6.07) is 11.7. The number of aryl methyl sites for hydroxylation is 1. The Kier molecular flexibility index (Phi) is 9.71. The van der Waals surface area contributed by atoms with Gasteiger partial charge in [-0.15, -0.1) is 0 Å². The molecule has 0 saturated carbocycles. The van der Waals surface area contributed by atoms with E-state index in [0.29, 0.717) is 11.4 Å². The van der Waals surface area contributed by atoms with E-state index < -0.39 is 28.5 Å². The average Bonchev–Trinajstić information content (AvgIpc) is 2.81. The van der Waals surface area contributed by atoms with E-state index in [1.165, 1.54) is 4.90 Å². The van der Waals surface area contributed by atoms with Crippen molar-refractivity contribution in [3.63, 3.8) is 0 Å². The van der Waals surface area contributed by atoms with Crippen LogP contribution in [0.5, 0.6) is 5.75 Å². The molecule has 0 saturated heterocycles. The van der Waals surface area contributed by atoms with Gasteiger partial charge in [-0.2, -0.15) is 0 Å². The predicted molar refractivity (Wildman–Crippen MR) is 139 cm³/mol. The zero-order chi connectivity index (χ0) is 26.3. The lowest BCUT2D eigenvalue weighted by atomic mass is 10.1. The fraction of sp³-hybridized carbons (Fsp3) is 0.462. The molecule has 9 heteroatoms. The molecule has 0 aliphatic rings. The van der Waals surface area contributed by atoms with Gasteiger partial charge < -0.3 is 15.0 Å². The molecule has 0 radical (unpaired) electrons. The van der Waals surface area contributed by atoms with Gasteiger partial charge in [0.05, 0.1) is 19.1 Å². The summed E-state index contributed by atoms with van der Waals surface area (Å²) in [5.74, 6) is -0.154. The van der Waals surface area contributed by atoms with Gasteiger partial charge >= 0.3 is 0 Å². The number of ether oxygens (including phenoxy) is 1. The van der Waals surface area contributed by atoms with Crippen LogP contribution < -0.4 is 14.4 Å². The Balaban J connectivity index is 2.45. The number of sulfonamides is 1. The van der Waals surface area contributed by atoms with Crippen LogP contribution in [0.4, 0.5) is 5.69 Å². The number of carbonyl (C=O) groups excluding carboxylic acids is 2. The molecule has 2 aromatic carbocycles. The second kappa shape index (κ2) is 12.1. The number of nitrogens with one attached hydrogen (secondary N) is 1. The van der Waals surface area contributed by atoms with Crippen molar-refractivity contribution in [3.05, 3.63) is 59.2 Å². The van der Waals surface area contributed by atoms with Crippen molar-refractivity contribution in [1.29, 1.82) is 0 Å². The largest absolute Gasteiger partial charge is 0.497 e. The van der Waals surface area contributed by atoms with Gasteiger partial charge in [0.2, 0.25) is 21.8 Å². The lowest BCUT2D eigenvalue weighted by Gasteiger charge is -2.32. The van der Waals surface area contributed by atoms with Crippen molar-refractivity contribution < 1.29 is 22.7 Å². The number of methoxy groups -OCH3 is 1. The summed E-state index contributed by atoms with van der Waals surface area (Å²) >= 11 is 0. The summed E-state index contributed by atoms with van der Waals surface area (Å²) < 4.78 is 31.9. The first-order valence-corrected chi connectivity index (χ1v) is 13.5. The minimum atomic E-state index is -3.77. The van der Waals surface area contributed by atoms with Crippen LogP contribution in [-0.2, 0) is 26.2 Å². The molecule has 2 unspecified atom stereocenters. The van der Waals surface area contributed by atoms with Crippen LogP contribution in [0.1, 0.15) is 43.9 Å². The third-order valence-corrected chi connectivity index (χ3v) is 7.31. The summed E-state index contributed by atoms with van der Waals surface area (Å²) in [4.78, 5) is 28.0. The maximum absolute atomic E-state index is 13.6. The van der Waals surface area contributed by atoms with Gasteiger partial charge in [-0.05, 0) is 69.0 Å². The summed E-state index contributed by atoms with van der Waals surface area (Å²) in [6.07, 6.45) is 1.82. The molecule has 192 valence electrons. The molecule has 35 heavy (non-hydrogen) atoms. The highest BCUT2D eigenvalue weighted by atomic mass is 32.2. The van der Waals surface area contributed by atoms with Gasteiger partial charge in [0.15, 0.2) is 0 Å². The Morgan fingerprint density at radius 1 is 1.09 bits per heavy atom. The fourth-order valence-corrected chi connectivity index (χ4v) is 4.52. The molecule has 1 N–H and O–H groups in total. The van der Waals surface area contributed by atoms with Crippen molar-refractivity contribution in [3.8, 4) is 5.75 Å².